The molecular weight excluding hydrogens is 374 g/mol. The van der Waals surface area contributed by atoms with Gasteiger partial charge in [0, 0.05) is 10.0 Å². The number of benzene rings is 1. The van der Waals surface area contributed by atoms with Crippen molar-refractivity contribution in [3.8, 4) is 11.4 Å². The van der Waals surface area contributed by atoms with E-state index in [1.54, 1.807) is 13.0 Å². The van der Waals surface area contributed by atoms with E-state index in [1.165, 1.54) is 12.1 Å². The molecular formula is C11H6Br2ClFN2. The summed E-state index contributed by atoms with van der Waals surface area (Å²) < 4.78 is 14.5. The van der Waals surface area contributed by atoms with Crippen LogP contribution in [-0.4, -0.2) is 9.97 Å². The second-order valence-corrected chi connectivity index (χ2v) is 5.46. The predicted molar refractivity (Wildman–Crippen MR) is 72.6 cm³/mol. The van der Waals surface area contributed by atoms with Gasteiger partial charge in [0.1, 0.15) is 11.0 Å². The van der Waals surface area contributed by atoms with Crippen molar-refractivity contribution in [1.29, 1.82) is 0 Å². The van der Waals surface area contributed by atoms with Crippen molar-refractivity contribution in [3.63, 3.8) is 0 Å². The highest BCUT2D eigenvalue weighted by Gasteiger charge is 2.10. The molecule has 2 rings (SSSR count). The van der Waals surface area contributed by atoms with Gasteiger partial charge in [0.2, 0.25) is 0 Å². The minimum atomic E-state index is -0.352. The molecule has 2 nitrogen and oxygen atoms in total. The van der Waals surface area contributed by atoms with Gasteiger partial charge in [-0.1, -0.05) is 27.5 Å². The molecule has 1 heterocycles. The van der Waals surface area contributed by atoms with E-state index in [0.717, 1.165) is 0 Å². The molecule has 88 valence electrons. The SMILES string of the molecule is Cc1nc(-c2cc(F)cc(Br)c2)nc(Cl)c1Br. The van der Waals surface area contributed by atoms with Crippen molar-refractivity contribution in [2.45, 2.75) is 6.92 Å². The zero-order valence-electron chi connectivity index (χ0n) is 8.64. The summed E-state index contributed by atoms with van der Waals surface area (Å²) in [4.78, 5) is 8.36. The summed E-state index contributed by atoms with van der Waals surface area (Å²) >= 11 is 12.4. The van der Waals surface area contributed by atoms with Gasteiger partial charge in [-0.05, 0) is 41.1 Å². The van der Waals surface area contributed by atoms with Crippen molar-refractivity contribution in [1.82, 2.24) is 9.97 Å². The van der Waals surface area contributed by atoms with Crippen LogP contribution < -0.4 is 0 Å². The molecule has 0 radical (unpaired) electrons. The van der Waals surface area contributed by atoms with Crippen LogP contribution in [-0.2, 0) is 0 Å². The number of halogens is 4. The maximum absolute atomic E-state index is 13.3. The molecule has 0 saturated heterocycles. The Balaban J connectivity index is 2.60. The van der Waals surface area contributed by atoms with Gasteiger partial charge in [-0.15, -0.1) is 0 Å². The Bertz CT molecular complexity index is 546. The van der Waals surface area contributed by atoms with Crippen molar-refractivity contribution in [2.24, 2.45) is 0 Å². The molecule has 0 fully saturated rings. The van der Waals surface area contributed by atoms with Gasteiger partial charge >= 0.3 is 0 Å². The van der Waals surface area contributed by atoms with Crippen LogP contribution in [0.2, 0.25) is 5.15 Å². The molecule has 0 unspecified atom stereocenters. The first-order chi connectivity index (χ1) is 7.97. The van der Waals surface area contributed by atoms with Crippen LogP contribution in [0.4, 0.5) is 4.39 Å². The van der Waals surface area contributed by atoms with Gasteiger partial charge in [0.15, 0.2) is 5.82 Å². The predicted octanol–water partition coefficient (Wildman–Crippen LogP) is 4.77. The Morgan fingerprint density at radius 1 is 1.18 bits per heavy atom. The van der Waals surface area contributed by atoms with E-state index >= 15 is 0 Å². The molecule has 17 heavy (non-hydrogen) atoms. The molecule has 6 heteroatoms. The molecule has 0 N–H and O–H groups in total. The van der Waals surface area contributed by atoms with E-state index in [0.29, 0.717) is 31.2 Å². The number of hydrogen-bond donors (Lipinski definition) is 0. The number of aryl methyl sites for hydroxylation is 1. The molecule has 1 aromatic heterocycles. The minimum absolute atomic E-state index is 0.313. The van der Waals surface area contributed by atoms with Crippen LogP contribution in [0.3, 0.4) is 0 Å². The van der Waals surface area contributed by atoms with Gasteiger partial charge in [-0.3, -0.25) is 0 Å². The summed E-state index contributed by atoms with van der Waals surface area (Å²) in [6.45, 7) is 1.80. The fraction of sp³-hybridized carbons (Fsp3) is 0.0909. The lowest BCUT2D eigenvalue weighted by atomic mass is 10.2. The standard InChI is InChI=1S/C11H6Br2ClFN2/c1-5-9(13)10(14)17-11(16-5)6-2-7(12)4-8(15)3-6/h2-4H,1H3. The van der Waals surface area contributed by atoms with Crippen molar-refractivity contribution in [3.05, 3.63) is 43.8 Å². The van der Waals surface area contributed by atoms with E-state index in [1.807, 2.05) is 0 Å². The number of nitrogens with zero attached hydrogens (tertiary/aromatic N) is 2. The van der Waals surface area contributed by atoms with Crippen LogP contribution >= 0.6 is 43.5 Å². The molecule has 1 aromatic carbocycles. The van der Waals surface area contributed by atoms with Gasteiger partial charge in [-0.25, -0.2) is 14.4 Å². The Morgan fingerprint density at radius 2 is 1.88 bits per heavy atom. The normalized spacial score (nSPS) is 10.6. The zero-order valence-corrected chi connectivity index (χ0v) is 12.6. The zero-order chi connectivity index (χ0) is 12.6. The second-order valence-electron chi connectivity index (χ2n) is 3.40. The largest absolute Gasteiger partial charge is 0.232 e. The lowest BCUT2D eigenvalue weighted by Crippen LogP contribution is -1.95. The van der Waals surface area contributed by atoms with Crippen LogP contribution in [0.15, 0.2) is 27.1 Å². The van der Waals surface area contributed by atoms with Crippen LogP contribution in [0.1, 0.15) is 5.69 Å². The Kier molecular flexibility index (Phi) is 3.80. The molecule has 0 amide bonds. The maximum atomic E-state index is 13.3. The molecule has 0 aliphatic heterocycles. The monoisotopic (exact) mass is 378 g/mol. The highest BCUT2D eigenvalue weighted by Crippen LogP contribution is 2.28. The summed E-state index contributed by atoms with van der Waals surface area (Å²) in [6.07, 6.45) is 0. The first-order valence-corrected chi connectivity index (χ1v) is 6.60. The average Bonchev–Trinajstić information content (AvgIpc) is 2.23. The lowest BCUT2D eigenvalue weighted by molar-refractivity contribution is 0.627. The summed E-state index contributed by atoms with van der Waals surface area (Å²) in [7, 11) is 0. The Hall–Kier alpha value is -0.520. The molecule has 0 aliphatic carbocycles. The number of aromatic nitrogens is 2. The quantitative estimate of drug-likeness (QED) is 0.666. The van der Waals surface area contributed by atoms with Crippen LogP contribution in [0.5, 0.6) is 0 Å². The number of hydrogen-bond acceptors (Lipinski definition) is 2. The van der Waals surface area contributed by atoms with E-state index in [4.69, 9.17) is 11.6 Å². The smallest absolute Gasteiger partial charge is 0.161 e. The third-order valence-corrected chi connectivity index (χ3v) is 4.01. The van der Waals surface area contributed by atoms with E-state index < -0.39 is 0 Å². The first-order valence-electron chi connectivity index (χ1n) is 4.63. The molecule has 0 atom stereocenters. The van der Waals surface area contributed by atoms with Gasteiger partial charge in [0.05, 0.1) is 10.2 Å². The second kappa shape index (κ2) is 5.00. The minimum Gasteiger partial charge on any atom is -0.232 e. The van der Waals surface area contributed by atoms with Crippen molar-refractivity contribution in [2.75, 3.05) is 0 Å². The molecule has 0 saturated carbocycles. The number of rotatable bonds is 1. The Labute approximate surface area is 119 Å². The third-order valence-electron chi connectivity index (χ3n) is 2.10. The molecule has 2 aromatic rings. The van der Waals surface area contributed by atoms with Gasteiger partial charge in [-0.2, -0.15) is 0 Å². The summed E-state index contributed by atoms with van der Waals surface area (Å²) in [5, 5.41) is 0.313. The van der Waals surface area contributed by atoms with E-state index in [2.05, 4.69) is 41.8 Å². The fourth-order valence-corrected chi connectivity index (χ4v) is 2.20. The lowest BCUT2D eigenvalue weighted by Gasteiger charge is -2.05. The highest BCUT2D eigenvalue weighted by molar-refractivity contribution is 9.10. The molecule has 0 aliphatic rings. The maximum Gasteiger partial charge on any atom is 0.161 e. The first kappa shape index (κ1) is 12.9. The highest BCUT2D eigenvalue weighted by atomic mass is 79.9. The van der Waals surface area contributed by atoms with Crippen molar-refractivity contribution < 1.29 is 4.39 Å². The average molecular weight is 380 g/mol. The Morgan fingerprint density at radius 3 is 2.47 bits per heavy atom. The van der Waals surface area contributed by atoms with Crippen molar-refractivity contribution >= 4 is 43.5 Å². The van der Waals surface area contributed by atoms with E-state index in [-0.39, 0.29) is 5.82 Å². The van der Waals surface area contributed by atoms with Crippen LogP contribution in [0.25, 0.3) is 11.4 Å². The summed E-state index contributed by atoms with van der Waals surface area (Å²) in [5.74, 6) is 0.0468. The molecule has 0 bridgehead atoms. The summed E-state index contributed by atoms with van der Waals surface area (Å²) in [6, 6.07) is 4.47. The van der Waals surface area contributed by atoms with Gasteiger partial charge < -0.3 is 0 Å². The van der Waals surface area contributed by atoms with E-state index in [9.17, 15) is 4.39 Å². The third kappa shape index (κ3) is 2.84. The fourth-order valence-electron chi connectivity index (χ4n) is 1.34. The van der Waals surface area contributed by atoms with Crippen LogP contribution in [0, 0.1) is 12.7 Å². The topological polar surface area (TPSA) is 25.8 Å². The summed E-state index contributed by atoms with van der Waals surface area (Å²) in [5.41, 5.74) is 1.29. The van der Waals surface area contributed by atoms with Gasteiger partial charge in [0.25, 0.3) is 0 Å². The molecule has 0 spiro atoms.